The van der Waals surface area contributed by atoms with E-state index in [0.29, 0.717) is 23.5 Å². The summed E-state index contributed by atoms with van der Waals surface area (Å²) in [5.74, 6) is 3.26. The van der Waals surface area contributed by atoms with Crippen molar-refractivity contribution in [3.8, 4) is 12.3 Å². The first-order valence-corrected chi connectivity index (χ1v) is 7.01. The van der Waals surface area contributed by atoms with Crippen LogP contribution < -0.4 is 4.90 Å². The minimum atomic E-state index is -0.183. The Balaban J connectivity index is 1.92. The Morgan fingerprint density at radius 1 is 1.50 bits per heavy atom. The van der Waals surface area contributed by atoms with Gasteiger partial charge >= 0.3 is 0 Å². The number of imidazole rings is 1. The molecule has 22 heavy (non-hydrogen) atoms. The molecular formula is C14H16N6O2. The van der Waals surface area contributed by atoms with Crippen LogP contribution in [-0.2, 0) is 4.74 Å². The fraction of sp³-hybridized carbons (Fsp3) is 0.500. The Hall–Kier alpha value is -2.53. The zero-order chi connectivity index (χ0) is 15.5. The van der Waals surface area contributed by atoms with E-state index in [0.717, 1.165) is 12.8 Å². The summed E-state index contributed by atoms with van der Waals surface area (Å²) in [4.78, 5) is 25.2. The van der Waals surface area contributed by atoms with E-state index in [9.17, 15) is 4.91 Å². The predicted molar refractivity (Wildman–Crippen MR) is 81.2 cm³/mol. The fourth-order valence-electron chi connectivity index (χ4n) is 2.65. The number of terminal acetylenes is 1. The van der Waals surface area contributed by atoms with Gasteiger partial charge in [-0.05, 0) is 12.8 Å². The van der Waals surface area contributed by atoms with Crippen LogP contribution in [0.1, 0.15) is 19.1 Å². The standard InChI is InChI=1S/C14H16N6O2/c1-3-6-19(2)13-12-14(16-8-15-13)20(9-17-12)11-5-4-10(22-11)7-18-21/h1,8-11H,4-7H2,2H3. The third-order valence-corrected chi connectivity index (χ3v) is 3.70. The van der Waals surface area contributed by atoms with Crippen molar-refractivity contribution >= 4 is 17.0 Å². The van der Waals surface area contributed by atoms with Crippen LogP contribution in [0.2, 0.25) is 0 Å². The minimum Gasteiger partial charge on any atom is -0.353 e. The van der Waals surface area contributed by atoms with Crippen LogP contribution in [0.25, 0.3) is 11.2 Å². The van der Waals surface area contributed by atoms with Gasteiger partial charge in [0.2, 0.25) is 0 Å². The molecule has 1 aliphatic heterocycles. The second-order valence-electron chi connectivity index (χ2n) is 5.18. The van der Waals surface area contributed by atoms with Crippen molar-refractivity contribution in [2.45, 2.75) is 25.2 Å². The first kappa shape index (κ1) is 14.4. The van der Waals surface area contributed by atoms with Gasteiger partial charge in [-0.1, -0.05) is 11.1 Å². The third-order valence-electron chi connectivity index (χ3n) is 3.70. The Bertz CT molecular complexity index is 722. The normalized spacial score (nSPS) is 20.9. The lowest BCUT2D eigenvalue weighted by Gasteiger charge is -2.16. The molecule has 3 heterocycles. The molecule has 2 aromatic rings. The molecule has 3 rings (SSSR count). The first-order chi connectivity index (χ1) is 10.7. The van der Waals surface area contributed by atoms with Crippen molar-refractivity contribution in [3.63, 3.8) is 0 Å². The number of fused-ring (bicyclic) bond motifs is 1. The monoisotopic (exact) mass is 300 g/mol. The Morgan fingerprint density at radius 3 is 3.14 bits per heavy atom. The highest BCUT2D eigenvalue weighted by atomic mass is 16.5. The minimum absolute atomic E-state index is 0.134. The van der Waals surface area contributed by atoms with E-state index in [1.807, 2.05) is 16.5 Å². The van der Waals surface area contributed by atoms with Crippen LogP contribution in [0, 0.1) is 17.3 Å². The van der Waals surface area contributed by atoms with Crippen molar-refractivity contribution < 1.29 is 4.74 Å². The quantitative estimate of drug-likeness (QED) is 0.612. The molecule has 8 heteroatoms. The average Bonchev–Trinajstić information content (AvgIpc) is 3.13. The maximum absolute atomic E-state index is 10.4. The lowest BCUT2D eigenvalue weighted by molar-refractivity contribution is 0.00876. The van der Waals surface area contributed by atoms with E-state index in [4.69, 9.17) is 11.2 Å². The zero-order valence-corrected chi connectivity index (χ0v) is 12.2. The third kappa shape index (κ3) is 2.51. The molecule has 2 unspecified atom stereocenters. The van der Waals surface area contributed by atoms with Crippen LogP contribution >= 0.6 is 0 Å². The number of hydrogen-bond donors (Lipinski definition) is 0. The molecule has 0 radical (unpaired) electrons. The number of anilines is 1. The van der Waals surface area contributed by atoms with E-state index >= 15 is 0 Å². The molecule has 2 atom stereocenters. The molecule has 1 saturated heterocycles. The number of ether oxygens (including phenoxy) is 1. The highest BCUT2D eigenvalue weighted by molar-refractivity contribution is 5.83. The molecule has 8 nitrogen and oxygen atoms in total. The van der Waals surface area contributed by atoms with Crippen molar-refractivity contribution in [2.75, 3.05) is 25.0 Å². The summed E-state index contributed by atoms with van der Waals surface area (Å²) in [6.07, 6.45) is 9.80. The van der Waals surface area contributed by atoms with Crippen LogP contribution in [0.4, 0.5) is 5.82 Å². The van der Waals surface area contributed by atoms with Crippen LogP contribution in [0.5, 0.6) is 0 Å². The van der Waals surface area contributed by atoms with Gasteiger partial charge in [0.25, 0.3) is 0 Å². The van der Waals surface area contributed by atoms with Gasteiger partial charge in [-0.3, -0.25) is 4.57 Å². The molecule has 0 aromatic carbocycles. The van der Waals surface area contributed by atoms with Crippen molar-refractivity contribution in [2.24, 2.45) is 5.18 Å². The number of nitrogens with zero attached hydrogens (tertiary/aromatic N) is 6. The summed E-state index contributed by atoms with van der Waals surface area (Å²) in [5, 5.41) is 2.90. The lowest BCUT2D eigenvalue weighted by Crippen LogP contribution is -2.19. The molecule has 0 N–H and O–H groups in total. The maximum atomic E-state index is 10.4. The summed E-state index contributed by atoms with van der Waals surface area (Å²) in [7, 11) is 1.86. The van der Waals surface area contributed by atoms with E-state index < -0.39 is 0 Å². The molecule has 0 aliphatic carbocycles. The smallest absolute Gasteiger partial charge is 0.167 e. The fourth-order valence-corrected chi connectivity index (χ4v) is 2.65. The lowest BCUT2D eigenvalue weighted by atomic mass is 10.2. The van der Waals surface area contributed by atoms with Gasteiger partial charge in [0.15, 0.2) is 17.0 Å². The van der Waals surface area contributed by atoms with Gasteiger partial charge in [0.05, 0.1) is 19.0 Å². The van der Waals surface area contributed by atoms with Crippen LogP contribution in [-0.4, -0.2) is 45.8 Å². The first-order valence-electron chi connectivity index (χ1n) is 7.01. The summed E-state index contributed by atoms with van der Waals surface area (Å²) in [6.45, 7) is 0.611. The Kier molecular flexibility index (Phi) is 3.98. The van der Waals surface area contributed by atoms with Crippen molar-refractivity contribution in [3.05, 3.63) is 17.6 Å². The SMILES string of the molecule is C#CCN(C)c1ncnc2c1ncn2C1CCC(CN=O)O1. The molecular weight excluding hydrogens is 284 g/mol. The number of hydrogen-bond acceptors (Lipinski definition) is 7. The second-order valence-corrected chi connectivity index (χ2v) is 5.18. The average molecular weight is 300 g/mol. The van der Waals surface area contributed by atoms with Crippen molar-refractivity contribution in [1.29, 1.82) is 0 Å². The maximum Gasteiger partial charge on any atom is 0.167 e. The van der Waals surface area contributed by atoms with Gasteiger partial charge in [-0.2, -0.15) is 4.91 Å². The highest BCUT2D eigenvalue weighted by Crippen LogP contribution is 2.31. The van der Waals surface area contributed by atoms with Crippen LogP contribution in [0.15, 0.2) is 17.8 Å². The number of nitroso groups, excluding NO2 is 1. The molecule has 2 aromatic heterocycles. The summed E-state index contributed by atoms with van der Waals surface area (Å²) < 4.78 is 7.70. The highest BCUT2D eigenvalue weighted by Gasteiger charge is 2.28. The van der Waals surface area contributed by atoms with Crippen LogP contribution in [0.3, 0.4) is 0 Å². The van der Waals surface area contributed by atoms with Gasteiger partial charge in [0, 0.05) is 7.05 Å². The van der Waals surface area contributed by atoms with E-state index in [1.165, 1.54) is 6.33 Å². The van der Waals surface area contributed by atoms with Gasteiger partial charge in [-0.25, -0.2) is 15.0 Å². The molecule has 0 amide bonds. The molecule has 0 saturated carbocycles. The topological polar surface area (TPSA) is 85.5 Å². The largest absolute Gasteiger partial charge is 0.353 e. The molecule has 0 bridgehead atoms. The van der Waals surface area contributed by atoms with Gasteiger partial charge in [0.1, 0.15) is 19.1 Å². The predicted octanol–water partition coefficient (Wildman–Crippen LogP) is 1.34. The Morgan fingerprint density at radius 2 is 2.36 bits per heavy atom. The molecule has 114 valence electrons. The summed E-state index contributed by atoms with van der Waals surface area (Å²) in [6, 6.07) is 0. The second kappa shape index (κ2) is 6.07. The van der Waals surface area contributed by atoms with E-state index in [-0.39, 0.29) is 18.9 Å². The zero-order valence-electron chi connectivity index (χ0n) is 12.2. The van der Waals surface area contributed by atoms with E-state index in [2.05, 4.69) is 26.0 Å². The summed E-state index contributed by atoms with van der Waals surface area (Å²) in [5.41, 5.74) is 1.37. The molecule has 0 spiro atoms. The Labute approximate surface area is 127 Å². The number of aromatic nitrogens is 4. The van der Waals surface area contributed by atoms with Crippen molar-refractivity contribution in [1.82, 2.24) is 19.5 Å². The van der Waals surface area contributed by atoms with E-state index in [1.54, 1.807) is 6.33 Å². The summed E-state index contributed by atoms with van der Waals surface area (Å²) >= 11 is 0. The number of rotatable bonds is 5. The molecule has 1 fully saturated rings. The van der Waals surface area contributed by atoms with Gasteiger partial charge in [-0.15, -0.1) is 6.42 Å². The van der Waals surface area contributed by atoms with Gasteiger partial charge < -0.3 is 9.64 Å². The molecule has 1 aliphatic rings.